The van der Waals surface area contributed by atoms with Crippen molar-refractivity contribution in [2.75, 3.05) is 13.1 Å². The summed E-state index contributed by atoms with van der Waals surface area (Å²) in [6.07, 6.45) is 7.42. The lowest BCUT2D eigenvalue weighted by molar-refractivity contribution is 0.0977. The summed E-state index contributed by atoms with van der Waals surface area (Å²) in [6, 6.07) is 8.78. The van der Waals surface area contributed by atoms with Crippen molar-refractivity contribution in [1.82, 2.24) is 10.3 Å². The van der Waals surface area contributed by atoms with Gasteiger partial charge in [-0.2, -0.15) is 0 Å². The zero-order chi connectivity index (χ0) is 13.6. The Bertz CT molecular complexity index is 638. The monoisotopic (exact) mass is 284 g/mol. The van der Waals surface area contributed by atoms with Crippen molar-refractivity contribution in [3.8, 4) is 0 Å². The summed E-state index contributed by atoms with van der Waals surface area (Å²) >= 11 is 0. The number of hydrogen-bond acceptors (Lipinski definition) is 2. The maximum absolute atomic E-state index is 4.51. The third-order valence-corrected chi connectivity index (χ3v) is 5.64. The average molecular weight is 284 g/mol. The van der Waals surface area contributed by atoms with Crippen molar-refractivity contribution in [1.29, 1.82) is 0 Å². The Morgan fingerprint density at radius 2 is 1.95 bits per heavy atom. The molecule has 0 radical (unpaired) electrons. The van der Waals surface area contributed by atoms with Gasteiger partial charge >= 0.3 is 0 Å². The third kappa shape index (κ3) is 2.06. The van der Waals surface area contributed by atoms with E-state index in [0.717, 1.165) is 11.4 Å². The van der Waals surface area contributed by atoms with E-state index >= 15 is 0 Å². The van der Waals surface area contributed by atoms with Crippen LogP contribution in [0.25, 0.3) is 10.9 Å². The molecule has 20 heavy (non-hydrogen) atoms. The quantitative estimate of drug-likeness (QED) is 0.814. The summed E-state index contributed by atoms with van der Waals surface area (Å²) < 4.78 is 0. The molecule has 1 aliphatic carbocycles. The Kier molecular flexibility index (Phi) is 3.05. The summed E-state index contributed by atoms with van der Waals surface area (Å²) in [5.41, 5.74) is 3.30. The molecule has 0 amide bonds. The lowest BCUT2D eigenvalue weighted by atomic mass is 9.65. The Morgan fingerprint density at radius 1 is 1.15 bits per heavy atom. The number of rotatable bonds is 1. The Balaban J connectivity index is 1.67. The highest BCUT2D eigenvalue weighted by molar-refractivity contribution is 7.27. The Labute approximate surface area is 122 Å². The first-order valence-electron chi connectivity index (χ1n) is 7.61. The number of fused-ring (bicyclic) bond motifs is 1. The fourth-order valence-corrected chi connectivity index (χ4v) is 4.18. The molecule has 1 atom stereocenters. The SMILES string of the molecule is Pc1ccc2nccc(C3CCC4(CC3)CNC4)c2c1. The number of nitrogens with one attached hydrogen (secondary N) is 1. The molecule has 2 aromatic rings. The van der Waals surface area contributed by atoms with Crippen molar-refractivity contribution in [2.45, 2.75) is 31.6 Å². The normalized spacial score (nSPS) is 22.1. The van der Waals surface area contributed by atoms with Crippen molar-refractivity contribution >= 4 is 25.4 Å². The molecule has 2 nitrogen and oxygen atoms in total. The zero-order valence-electron chi connectivity index (χ0n) is 11.7. The molecule has 1 spiro atoms. The summed E-state index contributed by atoms with van der Waals surface area (Å²) in [7, 11) is 2.80. The number of aromatic nitrogens is 1. The number of pyridine rings is 1. The summed E-state index contributed by atoms with van der Waals surface area (Å²) in [4.78, 5) is 4.51. The summed E-state index contributed by atoms with van der Waals surface area (Å²) in [5, 5.41) is 6.06. The van der Waals surface area contributed by atoms with Gasteiger partial charge in [-0.25, -0.2) is 0 Å². The minimum atomic E-state index is 0.644. The fraction of sp³-hybridized carbons (Fsp3) is 0.471. The maximum Gasteiger partial charge on any atom is 0.0705 e. The summed E-state index contributed by atoms with van der Waals surface area (Å²) in [6.45, 7) is 2.49. The average Bonchev–Trinajstić information content (AvgIpc) is 2.45. The van der Waals surface area contributed by atoms with Crippen LogP contribution in [0.4, 0.5) is 0 Å². The maximum atomic E-state index is 4.51. The second-order valence-electron chi connectivity index (χ2n) is 6.55. The molecule has 2 fully saturated rings. The number of hydrogen-bond donors (Lipinski definition) is 1. The highest BCUT2D eigenvalue weighted by atomic mass is 31.0. The van der Waals surface area contributed by atoms with E-state index in [1.165, 1.54) is 55.0 Å². The van der Waals surface area contributed by atoms with Crippen LogP contribution in [0.1, 0.15) is 37.2 Å². The van der Waals surface area contributed by atoms with E-state index in [-0.39, 0.29) is 0 Å². The van der Waals surface area contributed by atoms with E-state index in [4.69, 9.17) is 0 Å². The molecule has 3 heteroatoms. The van der Waals surface area contributed by atoms with Crippen LogP contribution in [0, 0.1) is 5.41 Å². The van der Waals surface area contributed by atoms with Crippen LogP contribution in [0.2, 0.25) is 0 Å². The molecule has 1 saturated heterocycles. The van der Waals surface area contributed by atoms with Gasteiger partial charge in [0.15, 0.2) is 0 Å². The van der Waals surface area contributed by atoms with E-state index in [9.17, 15) is 0 Å². The smallest absolute Gasteiger partial charge is 0.0705 e. The highest BCUT2D eigenvalue weighted by Gasteiger charge is 2.40. The van der Waals surface area contributed by atoms with E-state index < -0.39 is 0 Å². The van der Waals surface area contributed by atoms with Gasteiger partial charge < -0.3 is 5.32 Å². The van der Waals surface area contributed by atoms with Gasteiger partial charge in [-0.3, -0.25) is 4.98 Å². The fourth-order valence-electron chi connectivity index (χ4n) is 3.91. The molecule has 1 aromatic heterocycles. The van der Waals surface area contributed by atoms with Crippen molar-refractivity contribution in [3.63, 3.8) is 0 Å². The first-order chi connectivity index (χ1) is 9.76. The van der Waals surface area contributed by atoms with Gasteiger partial charge in [0.05, 0.1) is 5.52 Å². The van der Waals surface area contributed by atoms with Crippen molar-refractivity contribution in [3.05, 3.63) is 36.0 Å². The van der Waals surface area contributed by atoms with Crippen molar-refractivity contribution in [2.24, 2.45) is 5.41 Å². The Hall–Kier alpha value is -0.980. The molecular weight excluding hydrogens is 263 g/mol. The van der Waals surface area contributed by atoms with Crippen LogP contribution in [0.3, 0.4) is 0 Å². The molecule has 1 aliphatic heterocycles. The molecule has 1 unspecified atom stereocenters. The van der Waals surface area contributed by atoms with Gasteiger partial charge in [-0.1, -0.05) is 6.07 Å². The van der Waals surface area contributed by atoms with Gasteiger partial charge in [0.2, 0.25) is 0 Å². The number of benzene rings is 1. The second-order valence-corrected chi connectivity index (χ2v) is 7.22. The van der Waals surface area contributed by atoms with Gasteiger partial charge in [0, 0.05) is 24.7 Å². The lowest BCUT2D eigenvalue weighted by Gasteiger charge is -2.47. The molecule has 104 valence electrons. The minimum absolute atomic E-state index is 0.644. The molecule has 2 heterocycles. The first kappa shape index (κ1) is 12.7. The molecule has 1 saturated carbocycles. The predicted molar refractivity (Wildman–Crippen MR) is 87.6 cm³/mol. The predicted octanol–water partition coefficient (Wildman–Crippen LogP) is 2.98. The second kappa shape index (κ2) is 4.79. The lowest BCUT2D eigenvalue weighted by Crippen LogP contribution is -2.54. The van der Waals surface area contributed by atoms with E-state index in [2.05, 4.69) is 43.8 Å². The van der Waals surface area contributed by atoms with Crippen LogP contribution >= 0.6 is 9.24 Å². The van der Waals surface area contributed by atoms with Gasteiger partial charge in [-0.15, -0.1) is 9.24 Å². The molecule has 0 bridgehead atoms. The van der Waals surface area contributed by atoms with Crippen LogP contribution in [0.5, 0.6) is 0 Å². The molecule has 1 aromatic carbocycles. The zero-order valence-corrected chi connectivity index (χ0v) is 12.9. The Morgan fingerprint density at radius 3 is 2.65 bits per heavy atom. The van der Waals surface area contributed by atoms with Gasteiger partial charge in [0.1, 0.15) is 0 Å². The third-order valence-electron chi connectivity index (χ3n) is 5.29. The minimum Gasteiger partial charge on any atom is -0.316 e. The molecule has 4 rings (SSSR count). The first-order valence-corrected chi connectivity index (χ1v) is 8.18. The molecule has 2 aliphatic rings. The number of nitrogens with zero attached hydrogens (tertiary/aromatic N) is 1. The highest BCUT2D eigenvalue weighted by Crippen LogP contribution is 2.46. The standard InChI is InChI=1S/C17H21N2P/c20-13-1-2-16-15(9-13)14(5-8-19-16)12-3-6-17(7-4-12)10-18-11-17/h1-2,5,8-9,12,18H,3-4,6-7,10-11,20H2. The van der Waals surface area contributed by atoms with E-state index in [0.29, 0.717) is 5.41 Å². The largest absolute Gasteiger partial charge is 0.316 e. The van der Waals surface area contributed by atoms with E-state index in [1.807, 2.05) is 6.20 Å². The van der Waals surface area contributed by atoms with E-state index in [1.54, 1.807) is 0 Å². The topological polar surface area (TPSA) is 24.9 Å². The van der Waals surface area contributed by atoms with Crippen molar-refractivity contribution < 1.29 is 0 Å². The van der Waals surface area contributed by atoms with Crippen LogP contribution in [0.15, 0.2) is 30.5 Å². The van der Waals surface area contributed by atoms with Crippen LogP contribution in [-0.2, 0) is 0 Å². The summed E-state index contributed by atoms with van der Waals surface area (Å²) in [5.74, 6) is 0.721. The van der Waals surface area contributed by atoms with Crippen LogP contribution in [-0.4, -0.2) is 18.1 Å². The molecule has 1 N–H and O–H groups in total. The van der Waals surface area contributed by atoms with Gasteiger partial charge in [0.25, 0.3) is 0 Å². The van der Waals surface area contributed by atoms with Crippen LogP contribution < -0.4 is 10.6 Å². The molecular formula is C17H21N2P. The van der Waals surface area contributed by atoms with Gasteiger partial charge in [-0.05, 0) is 66.1 Å².